The molecule has 0 bridgehead atoms. The van der Waals surface area contributed by atoms with Gasteiger partial charge < -0.3 is 9.88 Å². The number of nitrogens with zero attached hydrogens (tertiary/aromatic N) is 2. The summed E-state index contributed by atoms with van der Waals surface area (Å²) in [5, 5.41) is 3.04. The predicted octanol–water partition coefficient (Wildman–Crippen LogP) is 3.20. The van der Waals surface area contributed by atoms with E-state index in [2.05, 4.69) is 39.1 Å². The first-order chi connectivity index (χ1) is 11.8. The largest absolute Gasteiger partial charge is 0.356 e. The minimum atomic E-state index is 0.0374. The van der Waals surface area contributed by atoms with Gasteiger partial charge in [0.2, 0.25) is 5.91 Å². The lowest BCUT2D eigenvalue weighted by atomic mass is 10.0. The number of benzene rings is 2. The van der Waals surface area contributed by atoms with Crippen molar-refractivity contribution >= 4 is 5.91 Å². The van der Waals surface area contributed by atoms with Crippen LogP contribution in [0.2, 0.25) is 0 Å². The summed E-state index contributed by atoms with van der Waals surface area (Å²) < 4.78 is 2.10. The zero-order chi connectivity index (χ0) is 16.4. The fourth-order valence-corrected chi connectivity index (χ4v) is 3.38. The first-order valence-electron chi connectivity index (χ1n) is 8.24. The van der Waals surface area contributed by atoms with E-state index in [4.69, 9.17) is 0 Å². The summed E-state index contributed by atoms with van der Waals surface area (Å²) >= 11 is 0. The van der Waals surface area contributed by atoms with E-state index in [1.165, 1.54) is 16.7 Å². The van der Waals surface area contributed by atoms with Crippen molar-refractivity contribution in [3.63, 3.8) is 0 Å². The molecule has 1 aliphatic heterocycles. The van der Waals surface area contributed by atoms with Gasteiger partial charge in [0.1, 0.15) is 0 Å². The Morgan fingerprint density at radius 2 is 1.88 bits per heavy atom. The van der Waals surface area contributed by atoms with Crippen molar-refractivity contribution in [1.82, 2.24) is 14.9 Å². The van der Waals surface area contributed by atoms with E-state index in [0.29, 0.717) is 13.0 Å². The van der Waals surface area contributed by atoms with Crippen molar-refractivity contribution in [2.75, 3.05) is 6.54 Å². The van der Waals surface area contributed by atoms with Gasteiger partial charge >= 0.3 is 0 Å². The molecule has 1 unspecified atom stereocenters. The molecule has 120 valence electrons. The Balaban J connectivity index is 1.41. The minimum absolute atomic E-state index is 0.0374. The Labute approximate surface area is 141 Å². The summed E-state index contributed by atoms with van der Waals surface area (Å²) in [6, 6.07) is 18.5. The summed E-state index contributed by atoms with van der Waals surface area (Å²) in [5.41, 5.74) is 4.71. The summed E-state index contributed by atoms with van der Waals surface area (Å²) in [5.74, 6) is 0.0762. The highest BCUT2D eigenvalue weighted by Crippen LogP contribution is 2.40. The van der Waals surface area contributed by atoms with E-state index in [0.717, 1.165) is 12.1 Å². The number of hydrogen-bond acceptors (Lipinski definition) is 2. The van der Waals surface area contributed by atoms with E-state index >= 15 is 0 Å². The van der Waals surface area contributed by atoms with Gasteiger partial charge in [-0.1, -0.05) is 54.6 Å². The second-order valence-corrected chi connectivity index (χ2v) is 6.08. The van der Waals surface area contributed by atoms with Crippen molar-refractivity contribution in [2.24, 2.45) is 0 Å². The van der Waals surface area contributed by atoms with Crippen LogP contribution in [0.15, 0.2) is 67.1 Å². The lowest BCUT2D eigenvalue weighted by molar-refractivity contribution is -0.121. The summed E-state index contributed by atoms with van der Waals surface area (Å²) in [7, 11) is 0. The molecule has 4 rings (SSSR count). The Morgan fingerprint density at radius 3 is 2.75 bits per heavy atom. The number of amides is 1. The van der Waals surface area contributed by atoms with Crippen LogP contribution in [-0.2, 0) is 11.2 Å². The molecule has 0 saturated carbocycles. The van der Waals surface area contributed by atoms with Gasteiger partial charge in [-0.25, -0.2) is 4.98 Å². The standard InChI is InChI=1S/C20H19N3O/c24-20(22-11-10-15-6-2-1-3-7-15)12-18-16-8-4-5-9-17(16)19-13-21-14-23(18)19/h1-9,13-14,18H,10-12H2,(H,22,24). The molecule has 1 aliphatic rings. The first-order valence-corrected chi connectivity index (χ1v) is 8.24. The molecule has 0 radical (unpaired) electrons. The lowest BCUT2D eigenvalue weighted by Gasteiger charge is -2.14. The van der Waals surface area contributed by atoms with E-state index < -0.39 is 0 Å². The second-order valence-electron chi connectivity index (χ2n) is 6.08. The normalized spacial score (nSPS) is 14.9. The fourth-order valence-electron chi connectivity index (χ4n) is 3.38. The number of carbonyl (C=O) groups is 1. The lowest BCUT2D eigenvalue weighted by Crippen LogP contribution is -2.28. The fraction of sp³-hybridized carbons (Fsp3) is 0.200. The van der Waals surface area contributed by atoms with E-state index in [9.17, 15) is 4.79 Å². The summed E-state index contributed by atoms with van der Waals surface area (Å²) in [4.78, 5) is 16.6. The monoisotopic (exact) mass is 317 g/mol. The molecule has 3 aromatic rings. The molecule has 1 aromatic heterocycles. The predicted molar refractivity (Wildman–Crippen MR) is 93.6 cm³/mol. The van der Waals surface area contributed by atoms with Crippen LogP contribution in [0.5, 0.6) is 0 Å². The molecule has 1 atom stereocenters. The molecule has 24 heavy (non-hydrogen) atoms. The van der Waals surface area contributed by atoms with Crippen LogP contribution in [0.4, 0.5) is 0 Å². The van der Waals surface area contributed by atoms with Gasteiger partial charge in [0.25, 0.3) is 0 Å². The van der Waals surface area contributed by atoms with Crippen LogP contribution >= 0.6 is 0 Å². The van der Waals surface area contributed by atoms with Crippen LogP contribution in [-0.4, -0.2) is 22.0 Å². The maximum absolute atomic E-state index is 12.4. The molecule has 1 N–H and O–H groups in total. The van der Waals surface area contributed by atoms with Crippen molar-refractivity contribution in [3.8, 4) is 11.3 Å². The highest BCUT2D eigenvalue weighted by molar-refractivity contribution is 5.79. The molecule has 1 amide bonds. The van der Waals surface area contributed by atoms with Gasteiger partial charge in [-0.15, -0.1) is 0 Å². The van der Waals surface area contributed by atoms with Gasteiger partial charge in [-0.3, -0.25) is 4.79 Å². The number of aromatic nitrogens is 2. The van der Waals surface area contributed by atoms with Gasteiger partial charge in [-0.2, -0.15) is 0 Å². The van der Waals surface area contributed by atoms with Crippen LogP contribution in [0.1, 0.15) is 23.6 Å². The van der Waals surface area contributed by atoms with Gasteiger partial charge in [-0.05, 0) is 17.5 Å². The van der Waals surface area contributed by atoms with Gasteiger partial charge in [0, 0.05) is 12.1 Å². The Kier molecular flexibility index (Phi) is 3.87. The van der Waals surface area contributed by atoms with Crippen molar-refractivity contribution < 1.29 is 4.79 Å². The quantitative estimate of drug-likeness (QED) is 0.785. The molecule has 2 aromatic carbocycles. The molecular weight excluding hydrogens is 298 g/mol. The van der Waals surface area contributed by atoms with Crippen molar-refractivity contribution in [3.05, 3.63) is 78.2 Å². The Morgan fingerprint density at radius 1 is 1.08 bits per heavy atom. The summed E-state index contributed by atoms with van der Waals surface area (Å²) in [6.07, 6.45) is 4.97. The molecule has 2 heterocycles. The third-order valence-electron chi connectivity index (χ3n) is 4.55. The molecule has 4 heteroatoms. The van der Waals surface area contributed by atoms with Crippen molar-refractivity contribution in [1.29, 1.82) is 0 Å². The number of fused-ring (bicyclic) bond motifs is 3. The SMILES string of the molecule is O=C(CC1c2ccccc2-c2cncn21)NCCc1ccccc1. The van der Waals surface area contributed by atoms with E-state index in [1.54, 1.807) is 0 Å². The zero-order valence-electron chi connectivity index (χ0n) is 13.4. The van der Waals surface area contributed by atoms with Crippen LogP contribution in [0, 0.1) is 0 Å². The molecule has 0 saturated heterocycles. The van der Waals surface area contributed by atoms with Gasteiger partial charge in [0.05, 0.1) is 30.7 Å². The van der Waals surface area contributed by atoms with E-state index in [-0.39, 0.29) is 11.9 Å². The number of hydrogen-bond donors (Lipinski definition) is 1. The van der Waals surface area contributed by atoms with Crippen molar-refractivity contribution in [2.45, 2.75) is 18.9 Å². The third kappa shape index (κ3) is 2.71. The van der Waals surface area contributed by atoms with Crippen LogP contribution in [0.3, 0.4) is 0 Å². The molecular formula is C20H19N3O. The topological polar surface area (TPSA) is 46.9 Å². The average Bonchev–Trinajstić information content (AvgIpc) is 3.19. The summed E-state index contributed by atoms with van der Waals surface area (Å²) in [6.45, 7) is 0.661. The van der Waals surface area contributed by atoms with Crippen LogP contribution in [0.25, 0.3) is 11.3 Å². The van der Waals surface area contributed by atoms with Gasteiger partial charge in [0.15, 0.2) is 0 Å². The zero-order valence-corrected chi connectivity index (χ0v) is 13.4. The number of nitrogens with one attached hydrogen (secondary N) is 1. The first kappa shape index (κ1) is 14.7. The highest BCUT2D eigenvalue weighted by Gasteiger charge is 2.29. The minimum Gasteiger partial charge on any atom is -0.356 e. The average molecular weight is 317 g/mol. The maximum Gasteiger partial charge on any atom is 0.222 e. The number of carbonyl (C=O) groups excluding carboxylic acids is 1. The Bertz CT molecular complexity index is 854. The molecule has 0 spiro atoms. The maximum atomic E-state index is 12.4. The number of rotatable bonds is 5. The second kappa shape index (κ2) is 6.32. The third-order valence-corrected chi connectivity index (χ3v) is 4.55. The van der Waals surface area contributed by atoms with Crippen LogP contribution < -0.4 is 5.32 Å². The molecule has 0 aliphatic carbocycles. The molecule has 0 fully saturated rings. The smallest absolute Gasteiger partial charge is 0.222 e. The molecule has 4 nitrogen and oxygen atoms in total. The Hall–Kier alpha value is -2.88. The highest BCUT2D eigenvalue weighted by atomic mass is 16.1. The van der Waals surface area contributed by atoms with E-state index in [1.807, 2.05) is 42.9 Å². The number of imidazole rings is 1.